The molecule has 2 heterocycles. The second kappa shape index (κ2) is 12.2. The summed E-state index contributed by atoms with van der Waals surface area (Å²) in [4.78, 5) is 20.5. The summed E-state index contributed by atoms with van der Waals surface area (Å²) >= 11 is 0. The monoisotopic (exact) mass is 698 g/mol. The van der Waals surface area contributed by atoms with E-state index in [1.807, 2.05) is 52.1 Å². The molecule has 0 fully saturated rings. The minimum Gasteiger partial charge on any atom is -0.512 e. The van der Waals surface area contributed by atoms with Crippen LogP contribution in [0.4, 0.5) is 0 Å². The van der Waals surface area contributed by atoms with E-state index in [0.29, 0.717) is 0 Å². The van der Waals surface area contributed by atoms with E-state index in [9.17, 15) is 9.90 Å². The number of furan rings is 1. The third kappa shape index (κ3) is 5.16. The van der Waals surface area contributed by atoms with E-state index >= 15 is 0 Å². The molecule has 39 heavy (non-hydrogen) atoms. The molecule has 1 N–H and O–H groups in total. The van der Waals surface area contributed by atoms with Crippen molar-refractivity contribution in [2.24, 2.45) is 11.8 Å². The van der Waals surface area contributed by atoms with E-state index in [1.54, 1.807) is 6.33 Å². The summed E-state index contributed by atoms with van der Waals surface area (Å²) in [7, 11) is 0. The number of benzene rings is 3. The maximum Gasteiger partial charge on any atom is 0.162 e. The number of fused-ring (bicyclic) bond motifs is 3. The second-order valence-electron chi connectivity index (χ2n) is 9.82. The Morgan fingerprint density at radius 3 is 2.36 bits per heavy atom. The average molecular weight is 698 g/mol. The number of carbonyl (C=O) groups is 1. The van der Waals surface area contributed by atoms with Gasteiger partial charge >= 0.3 is 0 Å². The molecule has 203 valence electrons. The number of hydrogen-bond donors (Lipinski definition) is 1. The molecule has 5 aromatic rings. The molecule has 2 aromatic heterocycles. The standard InChI is InChI=1S/C20H9N2O.C13H24O2.Ir/c1-3-11-7-8-16-19-17(11)12(4-1)14-9-21-10-22-20(14)13-5-2-6-15(23-16)18(13)19;1-5-10(6-2)12(14)9-13(15)11(7-3)8-4;/h1-4,6-10H;9-11,14H,5-8H2,1-4H3;/q-1;;/b;12-9-;. The van der Waals surface area contributed by atoms with Crippen LogP contribution < -0.4 is 0 Å². The van der Waals surface area contributed by atoms with Gasteiger partial charge in [-0.05, 0) is 64.7 Å². The van der Waals surface area contributed by atoms with Crippen LogP contribution in [-0.2, 0) is 24.9 Å². The van der Waals surface area contributed by atoms with Gasteiger partial charge in [0.1, 0.15) is 11.9 Å². The largest absolute Gasteiger partial charge is 0.512 e. The van der Waals surface area contributed by atoms with Crippen molar-refractivity contribution in [1.82, 2.24) is 9.97 Å². The van der Waals surface area contributed by atoms with E-state index in [4.69, 9.17) is 4.42 Å². The van der Waals surface area contributed by atoms with Crippen LogP contribution >= 0.6 is 0 Å². The molecule has 3 aromatic carbocycles. The van der Waals surface area contributed by atoms with Crippen LogP contribution in [0.1, 0.15) is 53.4 Å². The minimum absolute atomic E-state index is 0. The van der Waals surface area contributed by atoms with Gasteiger partial charge in [0.15, 0.2) is 5.78 Å². The number of aromatic nitrogens is 2. The fourth-order valence-electron chi connectivity index (χ4n) is 5.54. The Balaban J connectivity index is 0.000000196. The van der Waals surface area contributed by atoms with Gasteiger partial charge in [-0.3, -0.25) is 9.78 Å². The Hall–Kier alpha value is -3.34. The van der Waals surface area contributed by atoms with Crippen LogP contribution in [0.25, 0.3) is 55.1 Å². The zero-order valence-corrected chi connectivity index (χ0v) is 25.1. The first kappa shape index (κ1) is 28.7. The normalized spacial score (nSPS) is 12.1. The molecule has 0 atom stereocenters. The van der Waals surface area contributed by atoms with Crippen LogP contribution in [0.5, 0.6) is 0 Å². The summed E-state index contributed by atoms with van der Waals surface area (Å²) in [5.74, 6) is 0.547. The van der Waals surface area contributed by atoms with Crippen LogP contribution in [0.3, 0.4) is 0 Å². The smallest absolute Gasteiger partial charge is 0.162 e. The summed E-state index contributed by atoms with van der Waals surface area (Å²) < 4.78 is 6.08. The van der Waals surface area contributed by atoms with Gasteiger partial charge in [0, 0.05) is 44.2 Å². The van der Waals surface area contributed by atoms with E-state index < -0.39 is 0 Å². The van der Waals surface area contributed by atoms with Crippen LogP contribution in [0.15, 0.2) is 71.2 Å². The quantitative estimate of drug-likeness (QED) is 0.103. The van der Waals surface area contributed by atoms with E-state index in [-0.39, 0.29) is 43.5 Å². The number of nitrogens with zero attached hydrogens (tertiary/aromatic N) is 2. The molecule has 5 nitrogen and oxygen atoms in total. The topological polar surface area (TPSA) is 76.2 Å². The van der Waals surface area contributed by atoms with Gasteiger partial charge in [-0.15, -0.1) is 17.7 Å². The summed E-state index contributed by atoms with van der Waals surface area (Å²) in [6.07, 6.45) is 8.40. The number of aliphatic hydroxyl groups is 1. The van der Waals surface area contributed by atoms with Gasteiger partial charge in [-0.2, -0.15) is 0 Å². The molecule has 1 aliphatic carbocycles. The average Bonchev–Trinajstić information content (AvgIpc) is 3.27. The molecular formula is C33H33IrN2O3-. The molecule has 0 aliphatic heterocycles. The molecule has 0 amide bonds. The second-order valence-corrected chi connectivity index (χ2v) is 9.82. The van der Waals surface area contributed by atoms with Crippen molar-refractivity contribution in [3.63, 3.8) is 0 Å². The Bertz CT molecular complexity index is 1640. The van der Waals surface area contributed by atoms with Gasteiger partial charge in [-0.1, -0.05) is 63.4 Å². The molecule has 0 saturated heterocycles. The van der Waals surface area contributed by atoms with Gasteiger partial charge in [0.05, 0.1) is 11.3 Å². The zero-order valence-electron chi connectivity index (χ0n) is 22.7. The van der Waals surface area contributed by atoms with Crippen LogP contribution in [0.2, 0.25) is 0 Å². The molecule has 6 heteroatoms. The third-order valence-electron chi connectivity index (χ3n) is 7.76. The van der Waals surface area contributed by atoms with Gasteiger partial charge in [0.2, 0.25) is 0 Å². The first-order chi connectivity index (χ1) is 18.5. The predicted octanol–water partition coefficient (Wildman–Crippen LogP) is 8.84. The summed E-state index contributed by atoms with van der Waals surface area (Å²) in [5.41, 5.74) is 5.88. The maximum absolute atomic E-state index is 11.7. The molecule has 0 saturated carbocycles. The van der Waals surface area contributed by atoms with Crippen LogP contribution in [-0.4, -0.2) is 20.9 Å². The van der Waals surface area contributed by atoms with Gasteiger partial charge < -0.3 is 9.52 Å². The van der Waals surface area contributed by atoms with Crippen molar-refractivity contribution in [2.75, 3.05) is 0 Å². The number of carbonyl (C=O) groups excluding carboxylic acids is 1. The summed E-state index contributed by atoms with van der Waals surface area (Å²) in [5, 5.41) is 14.4. The number of allylic oxidation sites excluding steroid dienone is 2. The predicted molar refractivity (Wildman–Crippen MR) is 154 cm³/mol. The zero-order chi connectivity index (χ0) is 26.8. The van der Waals surface area contributed by atoms with Crippen molar-refractivity contribution in [3.05, 3.63) is 72.9 Å². The summed E-state index contributed by atoms with van der Waals surface area (Å²) in [6.45, 7) is 8.07. The first-order valence-corrected chi connectivity index (χ1v) is 13.6. The Kier molecular flexibility index (Phi) is 8.99. The SMILES string of the molecule is CCC(CC)C(=O)/C=C(\O)C(CC)CC.[Ir].[c-]1ccc2oc3ccc4cccc5c4c3c2c1-c1ncncc1-5. The Morgan fingerprint density at radius 2 is 1.64 bits per heavy atom. The molecule has 1 aliphatic rings. The molecule has 6 rings (SSSR count). The van der Waals surface area contributed by atoms with Crippen molar-refractivity contribution in [2.45, 2.75) is 53.4 Å². The van der Waals surface area contributed by atoms with Crippen molar-refractivity contribution in [3.8, 4) is 22.4 Å². The molecular weight excluding hydrogens is 665 g/mol. The fraction of sp³-hybridized carbons (Fsp3) is 0.303. The number of ketones is 1. The Labute approximate surface area is 242 Å². The van der Waals surface area contributed by atoms with Crippen molar-refractivity contribution in [1.29, 1.82) is 0 Å². The molecule has 0 spiro atoms. The fourth-order valence-corrected chi connectivity index (χ4v) is 5.54. The number of rotatable bonds is 7. The molecule has 0 bridgehead atoms. The summed E-state index contributed by atoms with van der Waals surface area (Å²) in [6, 6.07) is 17.8. The van der Waals surface area contributed by atoms with E-state index in [2.05, 4.69) is 40.3 Å². The van der Waals surface area contributed by atoms with E-state index in [1.165, 1.54) is 16.8 Å². The van der Waals surface area contributed by atoms with Crippen LogP contribution in [0, 0.1) is 17.9 Å². The minimum atomic E-state index is 0. The van der Waals surface area contributed by atoms with Gasteiger partial charge in [-0.25, -0.2) is 4.98 Å². The Morgan fingerprint density at radius 1 is 0.923 bits per heavy atom. The third-order valence-corrected chi connectivity index (χ3v) is 7.76. The number of hydrogen-bond acceptors (Lipinski definition) is 5. The molecule has 1 radical (unpaired) electrons. The molecule has 0 unspecified atom stereocenters. The first-order valence-electron chi connectivity index (χ1n) is 13.6. The van der Waals surface area contributed by atoms with Crippen molar-refractivity contribution >= 4 is 38.5 Å². The van der Waals surface area contributed by atoms with E-state index in [0.717, 1.165) is 70.0 Å². The van der Waals surface area contributed by atoms with Gasteiger partial charge in [0.25, 0.3) is 0 Å². The number of aliphatic hydroxyl groups excluding tert-OH is 1. The van der Waals surface area contributed by atoms with Crippen molar-refractivity contribution < 1.29 is 34.4 Å². The maximum atomic E-state index is 11.7.